The highest BCUT2D eigenvalue weighted by molar-refractivity contribution is 7.91. The highest BCUT2D eigenvalue weighted by Crippen LogP contribution is 2.27. The molecule has 1 aliphatic rings. The number of pyridine rings is 1. The van der Waals surface area contributed by atoms with Gasteiger partial charge in [0, 0.05) is 30.9 Å². The van der Waals surface area contributed by atoms with Crippen LogP contribution in [-0.4, -0.2) is 73.1 Å². The standard InChI is InChI=1S/C29H35N5O4S/c1-29(2,3)21-39(35,36)25-7-4-6-22(20-25)26-8-5-9-27-31-28(32-34(26)27)30-23-10-12-24(13-11-23)38-19-16-33-14-17-37-18-15-33/h4-13,20H,14-19,21H2,1-3H3,(H,30,32). The number of nitrogens with zero attached hydrogens (tertiary/aromatic N) is 4. The van der Waals surface area contributed by atoms with Crippen LogP contribution in [0.5, 0.6) is 5.75 Å². The van der Waals surface area contributed by atoms with E-state index in [-0.39, 0.29) is 11.2 Å². The third kappa shape index (κ3) is 6.95. The molecule has 0 saturated carbocycles. The first-order valence-corrected chi connectivity index (χ1v) is 14.8. The summed E-state index contributed by atoms with van der Waals surface area (Å²) in [5.41, 5.74) is 2.66. The molecule has 206 valence electrons. The van der Waals surface area contributed by atoms with E-state index in [9.17, 15) is 8.42 Å². The first-order valence-electron chi connectivity index (χ1n) is 13.2. The molecule has 0 spiro atoms. The van der Waals surface area contributed by atoms with Crippen LogP contribution >= 0.6 is 0 Å². The number of ether oxygens (including phenoxy) is 2. The molecule has 1 aliphatic heterocycles. The predicted molar refractivity (Wildman–Crippen MR) is 152 cm³/mol. The molecular formula is C29H35N5O4S. The summed E-state index contributed by atoms with van der Waals surface area (Å²) in [4.78, 5) is 7.25. The Bertz CT molecular complexity index is 1520. The molecule has 2 aromatic carbocycles. The van der Waals surface area contributed by atoms with E-state index in [1.54, 1.807) is 22.7 Å². The van der Waals surface area contributed by atoms with Gasteiger partial charge in [0.25, 0.3) is 0 Å². The van der Waals surface area contributed by atoms with Crippen molar-refractivity contribution in [3.8, 4) is 17.0 Å². The summed E-state index contributed by atoms with van der Waals surface area (Å²) in [6.45, 7) is 10.7. The molecule has 9 nitrogen and oxygen atoms in total. The minimum absolute atomic E-state index is 0.0722. The molecule has 4 aromatic rings. The Morgan fingerprint density at radius 3 is 2.49 bits per heavy atom. The first-order chi connectivity index (χ1) is 18.7. The van der Waals surface area contributed by atoms with E-state index in [1.165, 1.54) is 0 Å². The highest BCUT2D eigenvalue weighted by atomic mass is 32.2. The topological polar surface area (TPSA) is 98.1 Å². The molecule has 2 aromatic heterocycles. The Morgan fingerprint density at radius 1 is 1.00 bits per heavy atom. The molecule has 0 radical (unpaired) electrons. The molecule has 0 unspecified atom stereocenters. The van der Waals surface area contributed by atoms with E-state index in [0.29, 0.717) is 23.1 Å². The lowest BCUT2D eigenvalue weighted by Gasteiger charge is -2.26. The summed E-state index contributed by atoms with van der Waals surface area (Å²) < 4.78 is 39.0. The van der Waals surface area contributed by atoms with E-state index in [0.717, 1.165) is 55.5 Å². The zero-order valence-electron chi connectivity index (χ0n) is 22.6. The van der Waals surface area contributed by atoms with Crippen LogP contribution in [0.3, 0.4) is 0 Å². The molecule has 0 aliphatic carbocycles. The second-order valence-corrected chi connectivity index (χ2v) is 12.9. The van der Waals surface area contributed by atoms with Crippen molar-refractivity contribution in [2.24, 2.45) is 5.41 Å². The average Bonchev–Trinajstić information content (AvgIpc) is 3.32. The molecule has 1 fully saturated rings. The van der Waals surface area contributed by atoms with Crippen LogP contribution in [0.1, 0.15) is 20.8 Å². The molecule has 10 heteroatoms. The lowest BCUT2D eigenvalue weighted by atomic mass is 10.0. The van der Waals surface area contributed by atoms with Gasteiger partial charge in [-0.2, -0.15) is 4.98 Å². The van der Waals surface area contributed by atoms with Crippen molar-refractivity contribution in [2.45, 2.75) is 25.7 Å². The van der Waals surface area contributed by atoms with E-state index in [1.807, 2.05) is 69.3 Å². The number of fused-ring (bicyclic) bond motifs is 1. The molecule has 5 rings (SSSR count). The van der Waals surface area contributed by atoms with Gasteiger partial charge < -0.3 is 14.8 Å². The number of nitrogens with one attached hydrogen (secondary N) is 1. The molecule has 0 amide bonds. The number of sulfone groups is 1. The van der Waals surface area contributed by atoms with Crippen LogP contribution in [0.2, 0.25) is 0 Å². The second-order valence-electron chi connectivity index (χ2n) is 10.9. The summed E-state index contributed by atoms with van der Waals surface area (Å²) in [5.74, 6) is 1.32. The normalized spacial score (nSPS) is 14.9. The Kier molecular flexibility index (Phi) is 7.88. The van der Waals surface area contributed by atoms with E-state index < -0.39 is 9.84 Å². The van der Waals surface area contributed by atoms with Gasteiger partial charge in [0.2, 0.25) is 5.95 Å². The van der Waals surface area contributed by atoms with Crippen LogP contribution in [0, 0.1) is 5.41 Å². The van der Waals surface area contributed by atoms with Gasteiger partial charge in [0.15, 0.2) is 15.5 Å². The van der Waals surface area contributed by atoms with Gasteiger partial charge in [-0.15, -0.1) is 5.10 Å². The maximum atomic E-state index is 13.0. The minimum Gasteiger partial charge on any atom is -0.492 e. The Morgan fingerprint density at radius 2 is 1.74 bits per heavy atom. The first kappa shape index (κ1) is 27.1. The van der Waals surface area contributed by atoms with Crippen molar-refractivity contribution in [3.63, 3.8) is 0 Å². The van der Waals surface area contributed by atoms with E-state index >= 15 is 0 Å². The van der Waals surface area contributed by atoms with Crippen molar-refractivity contribution in [3.05, 3.63) is 66.7 Å². The number of rotatable bonds is 9. The van der Waals surface area contributed by atoms with Gasteiger partial charge in [0.05, 0.1) is 29.6 Å². The predicted octanol–water partition coefficient (Wildman–Crippen LogP) is 4.67. The molecule has 3 heterocycles. The summed E-state index contributed by atoms with van der Waals surface area (Å²) >= 11 is 0. The van der Waals surface area contributed by atoms with Gasteiger partial charge in [-0.1, -0.05) is 39.0 Å². The molecule has 0 bridgehead atoms. The Balaban J connectivity index is 1.29. The van der Waals surface area contributed by atoms with Gasteiger partial charge in [-0.3, -0.25) is 4.90 Å². The molecule has 1 N–H and O–H groups in total. The fourth-order valence-corrected chi connectivity index (χ4v) is 6.46. The van der Waals surface area contributed by atoms with Crippen LogP contribution in [-0.2, 0) is 14.6 Å². The number of hydrogen-bond acceptors (Lipinski definition) is 8. The third-order valence-corrected chi connectivity index (χ3v) is 8.58. The Labute approximate surface area is 229 Å². The van der Waals surface area contributed by atoms with Crippen molar-refractivity contribution in [2.75, 3.05) is 50.5 Å². The highest BCUT2D eigenvalue weighted by Gasteiger charge is 2.24. The summed E-state index contributed by atoms with van der Waals surface area (Å²) in [7, 11) is -3.43. The number of aromatic nitrogens is 3. The maximum Gasteiger partial charge on any atom is 0.247 e. The SMILES string of the molecule is CC(C)(C)CS(=O)(=O)c1cccc(-c2cccc3nc(Nc4ccc(OCCN5CCOCC5)cc4)nn23)c1. The third-order valence-electron chi connectivity index (χ3n) is 6.36. The zero-order valence-corrected chi connectivity index (χ0v) is 23.4. The monoisotopic (exact) mass is 549 g/mol. The van der Waals surface area contributed by atoms with Crippen molar-refractivity contribution in [1.29, 1.82) is 0 Å². The van der Waals surface area contributed by atoms with Crippen LogP contribution < -0.4 is 10.1 Å². The second kappa shape index (κ2) is 11.3. The fourth-order valence-electron chi connectivity index (χ4n) is 4.56. The smallest absolute Gasteiger partial charge is 0.247 e. The largest absolute Gasteiger partial charge is 0.492 e. The number of hydrogen-bond donors (Lipinski definition) is 1. The van der Waals surface area contributed by atoms with Gasteiger partial charge in [-0.05, 0) is 53.9 Å². The van der Waals surface area contributed by atoms with Crippen LogP contribution in [0.4, 0.5) is 11.6 Å². The number of anilines is 2. The number of morpholine rings is 1. The minimum atomic E-state index is -3.43. The molecule has 39 heavy (non-hydrogen) atoms. The Hall–Kier alpha value is -3.47. The van der Waals surface area contributed by atoms with Crippen LogP contribution in [0.25, 0.3) is 16.9 Å². The van der Waals surface area contributed by atoms with E-state index in [2.05, 4.69) is 20.3 Å². The lowest BCUT2D eigenvalue weighted by Crippen LogP contribution is -2.38. The van der Waals surface area contributed by atoms with Gasteiger partial charge in [-0.25, -0.2) is 12.9 Å². The van der Waals surface area contributed by atoms with Gasteiger partial charge in [0.1, 0.15) is 12.4 Å². The van der Waals surface area contributed by atoms with Crippen molar-refractivity contribution < 1.29 is 17.9 Å². The summed E-state index contributed by atoms with van der Waals surface area (Å²) in [5, 5.41) is 7.91. The maximum absolute atomic E-state index is 13.0. The van der Waals surface area contributed by atoms with Gasteiger partial charge >= 0.3 is 0 Å². The summed E-state index contributed by atoms with van der Waals surface area (Å²) in [6, 6.07) is 20.4. The van der Waals surface area contributed by atoms with Crippen molar-refractivity contribution in [1.82, 2.24) is 19.5 Å². The molecule has 1 saturated heterocycles. The molecule has 0 atom stereocenters. The zero-order chi connectivity index (χ0) is 27.5. The van der Waals surface area contributed by atoms with Crippen LogP contribution in [0.15, 0.2) is 71.6 Å². The fraction of sp³-hybridized carbons (Fsp3) is 0.379. The average molecular weight is 550 g/mol. The van der Waals surface area contributed by atoms with Crippen molar-refractivity contribution >= 4 is 27.1 Å². The quantitative estimate of drug-likeness (QED) is 0.322. The molecular weight excluding hydrogens is 514 g/mol. The van der Waals surface area contributed by atoms with E-state index in [4.69, 9.17) is 9.47 Å². The summed E-state index contributed by atoms with van der Waals surface area (Å²) in [6.07, 6.45) is 0. The number of benzene rings is 2. The lowest BCUT2D eigenvalue weighted by molar-refractivity contribution is 0.0322.